The van der Waals surface area contributed by atoms with E-state index in [2.05, 4.69) is 65.8 Å². The van der Waals surface area contributed by atoms with E-state index < -0.39 is 0 Å². The average molecular weight is 391 g/mol. The molecule has 0 aliphatic rings. The van der Waals surface area contributed by atoms with Crippen LogP contribution in [0.25, 0.3) is 0 Å². The number of aryl methyl sites for hydroxylation is 3. The fourth-order valence-electron chi connectivity index (χ4n) is 1.28. The molecule has 3 heteroatoms. The van der Waals surface area contributed by atoms with E-state index in [9.17, 15) is 0 Å². The fraction of sp³-hybridized carbons (Fsp3) is 0.353. The summed E-state index contributed by atoms with van der Waals surface area (Å²) in [6.07, 6.45) is 0. The molecule has 0 saturated heterocycles. The van der Waals surface area contributed by atoms with Crippen molar-refractivity contribution in [3.05, 3.63) is 58.7 Å². The Morgan fingerprint density at radius 3 is 1.60 bits per heavy atom. The summed E-state index contributed by atoms with van der Waals surface area (Å²) >= 11 is 1.55. The minimum atomic E-state index is 0. The monoisotopic (exact) mass is 388 g/mol. The van der Waals surface area contributed by atoms with Crippen molar-refractivity contribution in [2.24, 2.45) is 0 Å². The zero-order chi connectivity index (χ0) is 14.1. The van der Waals surface area contributed by atoms with Crippen molar-refractivity contribution >= 4 is 3.21 Å². The normalized spacial score (nSPS) is 8.00. The van der Waals surface area contributed by atoms with Gasteiger partial charge in [-0.3, -0.25) is 0 Å². The van der Waals surface area contributed by atoms with Crippen molar-refractivity contribution in [1.82, 2.24) is 0 Å². The van der Waals surface area contributed by atoms with Gasteiger partial charge in [-0.2, -0.15) is 47.0 Å². The minimum absolute atomic E-state index is 0. The predicted molar refractivity (Wildman–Crippen MR) is 79.4 cm³/mol. The Bertz CT molecular complexity index is 430. The van der Waals surface area contributed by atoms with Gasteiger partial charge in [0.1, 0.15) is 0 Å². The van der Waals surface area contributed by atoms with Crippen LogP contribution >= 0.6 is 0 Å². The summed E-state index contributed by atoms with van der Waals surface area (Å²) in [5, 5.41) is 0. The number of halogens is 2. The zero-order valence-corrected chi connectivity index (χ0v) is 17.2. The minimum Gasteiger partial charge on any atom is -1.00 e. The number of hydrogen-bond donors (Lipinski definition) is 0. The molecule has 0 aromatic heterocycles. The van der Waals surface area contributed by atoms with E-state index in [4.69, 9.17) is 0 Å². The Hall–Kier alpha value is 0.0331. The Morgan fingerprint density at radius 2 is 1.50 bits per heavy atom. The average Bonchev–Trinajstić information content (AvgIpc) is 2.84. The molecular weight excluding hydrogens is 366 g/mol. The molecule has 20 heavy (non-hydrogen) atoms. The molecule has 0 unspecified atom stereocenters. The molecule has 0 aliphatic heterocycles. The van der Waals surface area contributed by atoms with Crippen LogP contribution in [-0.4, -0.2) is 3.21 Å². The predicted octanol–water partition coefficient (Wildman–Crippen LogP) is -1.20. The van der Waals surface area contributed by atoms with Gasteiger partial charge in [0.25, 0.3) is 0 Å². The van der Waals surface area contributed by atoms with Crippen molar-refractivity contribution in [3.63, 3.8) is 0 Å². The summed E-state index contributed by atoms with van der Waals surface area (Å²) < 4.78 is 1.51. The van der Waals surface area contributed by atoms with E-state index in [-0.39, 0.29) is 24.8 Å². The second-order valence-corrected chi connectivity index (χ2v) is 7.24. The molecule has 0 aliphatic carbocycles. The zero-order valence-electron chi connectivity index (χ0n) is 13.2. The van der Waals surface area contributed by atoms with Crippen molar-refractivity contribution < 1.29 is 49.0 Å². The first-order chi connectivity index (χ1) is 8.34. The molecule has 0 N–H and O–H groups in total. The third-order valence-electron chi connectivity index (χ3n) is 2.60. The van der Waals surface area contributed by atoms with Crippen LogP contribution < -0.4 is 24.8 Å². The largest absolute Gasteiger partial charge is 1.00 e. The molecule has 0 bridgehead atoms. The van der Waals surface area contributed by atoms with E-state index in [0.717, 1.165) is 0 Å². The van der Waals surface area contributed by atoms with Crippen LogP contribution in [0.15, 0.2) is 36.4 Å². The molecule has 0 heterocycles. The summed E-state index contributed by atoms with van der Waals surface area (Å²) in [7, 11) is 0. The first-order valence-corrected chi connectivity index (χ1v) is 7.47. The van der Waals surface area contributed by atoms with Gasteiger partial charge < -0.3 is 24.8 Å². The van der Waals surface area contributed by atoms with Crippen molar-refractivity contribution in [2.45, 2.75) is 41.5 Å². The van der Waals surface area contributed by atoms with Gasteiger partial charge in [-0.05, 0) is 0 Å². The van der Waals surface area contributed by atoms with Crippen molar-refractivity contribution in [3.8, 4) is 0 Å². The van der Waals surface area contributed by atoms with Gasteiger partial charge in [0.15, 0.2) is 0 Å². The van der Waals surface area contributed by atoms with Gasteiger partial charge in [-0.25, -0.2) is 11.6 Å². The van der Waals surface area contributed by atoms with Crippen LogP contribution in [0, 0.1) is 27.7 Å². The van der Waals surface area contributed by atoms with E-state index >= 15 is 0 Å². The van der Waals surface area contributed by atoms with Crippen LogP contribution in [0.4, 0.5) is 0 Å². The van der Waals surface area contributed by atoms with E-state index in [0.29, 0.717) is 0 Å². The standard InChI is InChI=1S/C8H11.C6H7.C3H6.2ClH.Zr/c1-6-4-5-7(2)8(6)3;1-6-4-2-3-5-6;1-3-2;;;/h4-5H,1-3H3;2-5H,1H3;1-2H3;2*1H;/q2*-1;;;;+2/p-2. The summed E-state index contributed by atoms with van der Waals surface area (Å²) in [5.74, 6) is 0. The summed E-state index contributed by atoms with van der Waals surface area (Å²) in [4.78, 5) is 0. The second kappa shape index (κ2) is 14.0. The first-order valence-electron chi connectivity index (χ1n) is 6.24. The number of hydrogen-bond acceptors (Lipinski definition) is 0. The first kappa shape index (κ1) is 25.0. The van der Waals surface area contributed by atoms with Gasteiger partial charge in [-0.15, -0.1) is 0 Å². The molecule has 0 saturated carbocycles. The SMILES string of the molecule is C[C](C)=[Zr+2].Cc1c[cH-]c(C)c1C.Cc1cc[cH-]c1.[Cl-].[Cl-]. The molecule has 112 valence electrons. The van der Waals surface area contributed by atoms with Crippen LogP contribution in [0.5, 0.6) is 0 Å². The molecule has 0 fully saturated rings. The molecular formula is C17H24Cl2Zr-2. The molecule has 2 aromatic carbocycles. The molecule has 0 spiro atoms. The topological polar surface area (TPSA) is 0 Å². The maximum absolute atomic E-state index is 2.16. The molecule has 2 aromatic rings. The van der Waals surface area contributed by atoms with Crippen LogP contribution in [0.3, 0.4) is 0 Å². The number of rotatable bonds is 0. The maximum atomic E-state index is 2.16. The molecule has 0 nitrogen and oxygen atoms in total. The van der Waals surface area contributed by atoms with Crippen molar-refractivity contribution in [2.75, 3.05) is 0 Å². The Balaban J connectivity index is -0.000000218. The van der Waals surface area contributed by atoms with E-state index in [1.165, 1.54) is 25.5 Å². The van der Waals surface area contributed by atoms with Gasteiger partial charge in [0.05, 0.1) is 0 Å². The fourth-order valence-corrected chi connectivity index (χ4v) is 1.28. The summed E-state index contributed by atoms with van der Waals surface area (Å²) in [6, 6.07) is 12.6. The molecule has 0 atom stereocenters. The molecule has 0 amide bonds. The molecule has 2 rings (SSSR count). The van der Waals surface area contributed by atoms with Gasteiger partial charge >= 0.3 is 41.3 Å². The second-order valence-electron chi connectivity index (χ2n) is 4.79. The van der Waals surface area contributed by atoms with Crippen LogP contribution in [0.1, 0.15) is 36.1 Å². The Labute approximate surface area is 151 Å². The van der Waals surface area contributed by atoms with Gasteiger partial charge in [-0.1, -0.05) is 27.7 Å². The maximum Gasteiger partial charge on any atom is -0.0632 e. The quantitative estimate of drug-likeness (QED) is 0.496. The van der Waals surface area contributed by atoms with Gasteiger partial charge in [0.2, 0.25) is 0 Å². The van der Waals surface area contributed by atoms with Crippen molar-refractivity contribution in [1.29, 1.82) is 0 Å². The Morgan fingerprint density at radius 1 is 1.00 bits per heavy atom. The summed E-state index contributed by atoms with van der Waals surface area (Å²) in [5.41, 5.74) is 5.59. The van der Waals surface area contributed by atoms with E-state index in [1.54, 1.807) is 24.2 Å². The Kier molecular flexibility index (Phi) is 17.5. The third-order valence-corrected chi connectivity index (χ3v) is 2.60. The molecule has 0 radical (unpaired) electrons. The van der Waals surface area contributed by atoms with Gasteiger partial charge in [0, 0.05) is 0 Å². The van der Waals surface area contributed by atoms with Crippen LogP contribution in [-0.2, 0) is 24.2 Å². The van der Waals surface area contributed by atoms with Crippen LogP contribution in [0.2, 0.25) is 0 Å². The smallest absolute Gasteiger partial charge is 0.0632 e. The van der Waals surface area contributed by atoms with E-state index in [1.807, 2.05) is 12.1 Å². The summed E-state index contributed by atoms with van der Waals surface area (Å²) in [6.45, 7) is 12.8. The third kappa shape index (κ3) is 13.0.